The molecule has 0 radical (unpaired) electrons. The predicted molar refractivity (Wildman–Crippen MR) is 296 cm³/mol. The van der Waals surface area contributed by atoms with Crippen molar-refractivity contribution in [2.45, 2.75) is 0 Å². The lowest BCUT2D eigenvalue weighted by molar-refractivity contribution is 0.463. The number of rotatable bonds is 16. The fourth-order valence-corrected chi connectivity index (χ4v) is 8.90. The third-order valence-electron chi connectivity index (χ3n) is 12.0. The molecule has 0 aliphatic carbocycles. The number of hydrogen-bond donors (Lipinski definition) is 0. The van der Waals surface area contributed by atoms with Crippen molar-refractivity contribution in [3.05, 3.63) is 297 Å². The first-order chi connectivity index (χ1) is 35.7. The Balaban J connectivity index is 1.06. The Kier molecular flexibility index (Phi) is 13.1. The van der Waals surface area contributed by atoms with Gasteiger partial charge in [0.2, 0.25) is 5.88 Å². The van der Waals surface area contributed by atoms with Gasteiger partial charge in [-0.3, -0.25) is 4.90 Å². The molecule has 0 atom stereocenters. The Morgan fingerprint density at radius 2 is 0.486 bits per heavy atom. The summed E-state index contributed by atoms with van der Waals surface area (Å²) in [6, 6.07) is 101. The first-order valence-electron chi connectivity index (χ1n) is 23.9. The topological polar surface area (TPSA) is 44.3 Å². The van der Waals surface area contributed by atoms with Gasteiger partial charge in [-0.15, -0.1) is 0 Å². The summed E-state index contributed by atoms with van der Waals surface area (Å²) in [5.74, 6) is 3.05. The zero-order valence-corrected chi connectivity index (χ0v) is 39.3. The van der Waals surface area contributed by atoms with Crippen LogP contribution in [-0.2, 0) is 0 Å². The van der Waals surface area contributed by atoms with E-state index in [1.807, 2.05) is 103 Å². The number of anilines is 12. The number of nitrogens with zero attached hydrogens (tertiary/aromatic N) is 5. The van der Waals surface area contributed by atoms with Crippen LogP contribution in [0.25, 0.3) is 0 Å². The number of benzene rings is 10. The molecule has 0 N–H and O–H groups in total. The van der Waals surface area contributed by atoms with Crippen molar-refractivity contribution in [3.63, 3.8) is 0 Å². The van der Waals surface area contributed by atoms with Gasteiger partial charge in [-0.1, -0.05) is 152 Å². The molecule has 1 aromatic heterocycles. The minimum Gasteiger partial charge on any atom is -0.457 e. The van der Waals surface area contributed by atoms with E-state index in [0.717, 1.165) is 68.3 Å². The van der Waals surface area contributed by atoms with Crippen LogP contribution in [0.2, 0.25) is 0 Å². The lowest BCUT2D eigenvalue weighted by Gasteiger charge is -2.30. The fourth-order valence-electron chi connectivity index (χ4n) is 8.90. The molecule has 0 fully saturated rings. The second kappa shape index (κ2) is 21.2. The van der Waals surface area contributed by atoms with Crippen LogP contribution < -0.4 is 29.1 Å². The van der Waals surface area contributed by atoms with E-state index in [1.165, 1.54) is 0 Å². The van der Waals surface area contributed by atoms with Gasteiger partial charge in [-0.25, -0.2) is 0 Å². The van der Waals surface area contributed by atoms with Crippen molar-refractivity contribution >= 4 is 68.4 Å². The Bertz CT molecular complexity index is 3250. The van der Waals surface area contributed by atoms with Gasteiger partial charge in [0.25, 0.3) is 0 Å². The normalized spacial score (nSPS) is 10.8. The molecular formula is C65H49N5O2. The van der Waals surface area contributed by atoms with E-state index < -0.39 is 0 Å². The van der Waals surface area contributed by atoms with E-state index in [1.54, 1.807) is 0 Å². The Labute approximate surface area is 420 Å². The van der Waals surface area contributed by atoms with Gasteiger partial charge in [0.05, 0.1) is 22.7 Å². The summed E-state index contributed by atoms with van der Waals surface area (Å²) in [6.45, 7) is 0. The molecule has 7 heteroatoms. The third-order valence-corrected chi connectivity index (χ3v) is 12.0. The highest BCUT2D eigenvalue weighted by molar-refractivity contribution is 5.86. The molecule has 7 nitrogen and oxygen atoms in total. The number of para-hydroxylation sites is 8. The van der Waals surface area contributed by atoms with Gasteiger partial charge in [-0.2, -0.15) is 4.98 Å². The molecular weight excluding hydrogens is 883 g/mol. The summed E-state index contributed by atoms with van der Waals surface area (Å²) in [7, 11) is 0. The molecule has 0 saturated heterocycles. The number of hydrogen-bond acceptors (Lipinski definition) is 7. The Hall–Kier alpha value is -9.85. The predicted octanol–water partition coefficient (Wildman–Crippen LogP) is 18.5. The third kappa shape index (κ3) is 10.1. The van der Waals surface area contributed by atoms with E-state index >= 15 is 0 Å². The van der Waals surface area contributed by atoms with Crippen molar-refractivity contribution in [3.8, 4) is 23.1 Å². The van der Waals surface area contributed by atoms with Crippen LogP contribution in [0.15, 0.2) is 297 Å². The highest BCUT2D eigenvalue weighted by Crippen LogP contribution is 2.46. The number of aromatic nitrogens is 1. The van der Waals surface area contributed by atoms with Gasteiger partial charge >= 0.3 is 0 Å². The summed E-state index contributed by atoms with van der Waals surface area (Å²) < 4.78 is 13.7. The molecule has 1 heterocycles. The van der Waals surface area contributed by atoms with Crippen molar-refractivity contribution < 1.29 is 9.47 Å². The van der Waals surface area contributed by atoms with Crippen LogP contribution in [0.5, 0.6) is 23.1 Å². The number of ether oxygens (including phenoxy) is 2. The fraction of sp³-hybridized carbons (Fsp3) is 0. The lowest BCUT2D eigenvalue weighted by atomic mass is 10.1. The average molecular weight is 932 g/mol. The van der Waals surface area contributed by atoms with Crippen LogP contribution in [0, 0.1) is 0 Å². The molecule has 0 bridgehead atoms. The molecule has 0 spiro atoms. The highest BCUT2D eigenvalue weighted by atomic mass is 16.5. The van der Waals surface area contributed by atoms with Crippen LogP contribution in [0.3, 0.4) is 0 Å². The maximum absolute atomic E-state index is 7.02. The molecule has 346 valence electrons. The standard InChI is InChI=1S/C65H49N5O2/c1-9-26-50(27-10-1)67(51-28-11-2-12-29-51)57-44-58(68(52-30-13-3-14-31-52)53-32-15-4-16-33-53)48-63(47-57)72-65-43-25-42-64(66-65)70(56-38-21-7-22-39-56)60-45-59(46-62(49-60)71-61-40-23-8-24-41-61)69(54-34-17-5-18-35-54)55-36-19-6-20-37-55/h1-49H. The molecule has 0 unspecified atom stereocenters. The second-order valence-corrected chi connectivity index (χ2v) is 16.9. The molecule has 0 saturated carbocycles. The van der Waals surface area contributed by atoms with E-state index in [0.29, 0.717) is 23.2 Å². The van der Waals surface area contributed by atoms with E-state index in [-0.39, 0.29) is 0 Å². The highest BCUT2D eigenvalue weighted by Gasteiger charge is 2.23. The van der Waals surface area contributed by atoms with Crippen molar-refractivity contribution in [1.29, 1.82) is 0 Å². The van der Waals surface area contributed by atoms with Crippen LogP contribution >= 0.6 is 0 Å². The SMILES string of the molecule is c1ccc(Oc2cc(N(c3ccccc3)c3ccccc3)cc(N(c3ccccc3)c3cccc(Oc4cc(N(c5ccccc5)c5ccccc5)cc(N(c5ccccc5)c5ccccc5)c4)n3)c2)cc1. The maximum atomic E-state index is 7.02. The van der Waals surface area contributed by atoms with Crippen LogP contribution in [0.1, 0.15) is 0 Å². The summed E-state index contributed by atoms with van der Waals surface area (Å²) in [5.41, 5.74) is 10.5. The first kappa shape index (κ1) is 44.6. The van der Waals surface area contributed by atoms with Crippen molar-refractivity contribution in [2.24, 2.45) is 0 Å². The van der Waals surface area contributed by atoms with Gasteiger partial charge in [0.1, 0.15) is 23.1 Å². The van der Waals surface area contributed by atoms with Crippen molar-refractivity contribution in [1.82, 2.24) is 4.98 Å². The molecule has 10 aromatic carbocycles. The van der Waals surface area contributed by atoms with E-state index in [2.05, 4.69) is 214 Å². The molecule has 11 rings (SSSR count). The molecule has 0 aliphatic rings. The number of pyridine rings is 1. The van der Waals surface area contributed by atoms with Gasteiger partial charge in [0.15, 0.2) is 0 Å². The lowest BCUT2D eigenvalue weighted by Crippen LogP contribution is -2.14. The summed E-state index contributed by atoms with van der Waals surface area (Å²) in [4.78, 5) is 14.2. The quantitative estimate of drug-likeness (QED) is 0.0956. The van der Waals surface area contributed by atoms with Crippen LogP contribution in [-0.4, -0.2) is 4.98 Å². The van der Waals surface area contributed by atoms with Crippen molar-refractivity contribution in [2.75, 3.05) is 19.6 Å². The summed E-state index contributed by atoms with van der Waals surface area (Å²) in [5, 5.41) is 0. The molecule has 0 aliphatic heterocycles. The molecule has 72 heavy (non-hydrogen) atoms. The van der Waals surface area contributed by atoms with E-state index in [4.69, 9.17) is 14.5 Å². The minimum atomic E-state index is 0.417. The van der Waals surface area contributed by atoms with Gasteiger partial charge in [0, 0.05) is 70.1 Å². The Morgan fingerprint density at radius 1 is 0.208 bits per heavy atom. The smallest absolute Gasteiger partial charge is 0.221 e. The van der Waals surface area contributed by atoms with Crippen LogP contribution in [0.4, 0.5) is 68.4 Å². The summed E-state index contributed by atoms with van der Waals surface area (Å²) in [6.07, 6.45) is 0. The monoisotopic (exact) mass is 931 g/mol. The van der Waals surface area contributed by atoms with Gasteiger partial charge < -0.3 is 24.2 Å². The first-order valence-corrected chi connectivity index (χ1v) is 23.9. The average Bonchev–Trinajstić information content (AvgIpc) is 3.44. The Morgan fingerprint density at radius 3 is 0.819 bits per heavy atom. The van der Waals surface area contributed by atoms with E-state index in [9.17, 15) is 0 Å². The van der Waals surface area contributed by atoms with Gasteiger partial charge in [-0.05, 0) is 115 Å². The minimum absolute atomic E-state index is 0.417. The maximum Gasteiger partial charge on any atom is 0.221 e. The zero-order valence-electron chi connectivity index (χ0n) is 39.3. The zero-order chi connectivity index (χ0) is 48.3. The largest absolute Gasteiger partial charge is 0.457 e. The second-order valence-electron chi connectivity index (χ2n) is 16.9. The molecule has 0 amide bonds. The molecule has 11 aromatic rings. The summed E-state index contributed by atoms with van der Waals surface area (Å²) >= 11 is 0.